The fourth-order valence-corrected chi connectivity index (χ4v) is 2.13. The molecule has 18 heavy (non-hydrogen) atoms. The second-order valence-electron chi connectivity index (χ2n) is 4.00. The summed E-state index contributed by atoms with van der Waals surface area (Å²) in [6, 6.07) is 6.20. The first-order chi connectivity index (χ1) is 8.60. The van der Waals surface area contributed by atoms with Gasteiger partial charge in [0.15, 0.2) is 0 Å². The Bertz CT molecular complexity index is 495. The normalized spacial score (nSPS) is 10.9. The third-order valence-electron chi connectivity index (χ3n) is 2.56. The molecule has 4 heteroatoms. The van der Waals surface area contributed by atoms with E-state index in [4.69, 9.17) is 11.2 Å². The van der Waals surface area contributed by atoms with Crippen LogP contribution in [0.25, 0.3) is 0 Å². The van der Waals surface area contributed by atoms with E-state index in [2.05, 4.69) is 6.92 Å². The van der Waals surface area contributed by atoms with Crippen molar-refractivity contribution in [3.63, 3.8) is 0 Å². The van der Waals surface area contributed by atoms with Crippen LogP contribution < -0.4 is 4.74 Å². The van der Waals surface area contributed by atoms with Gasteiger partial charge in [-0.2, -0.15) is 0 Å². The molecule has 0 bridgehead atoms. The van der Waals surface area contributed by atoms with E-state index >= 15 is 0 Å². The zero-order valence-corrected chi connectivity index (χ0v) is 11.4. The lowest BCUT2D eigenvalue weighted by molar-refractivity contribution is 0.305. The molecule has 0 fully saturated rings. The predicted octanol–water partition coefficient (Wildman–Crippen LogP) is 3.01. The molecule has 1 aromatic rings. The Morgan fingerprint density at radius 1 is 1.17 bits per heavy atom. The number of terminal acetylenes is 1. The number of benzene rings is 1. The van der Waals surface area contributed by atoms with Crippen molar-refractivity contribution in [3.8, 4) is 17.4 Å². The first-order valence-corrected chi connectivity index (χ1v) is 7.53. The molecule has 0 spiro atoms. The fourth-order valence-electron chi connectivity index (χ4n) is 1.50. The molecule has 0 N–H and O–H groups in total. The highest BCUT2D eigenvalue weighted by Gasteiger charge is 2.09. The molecule has 0 saturated carbocycles. The van der Waals surface area contributed by atoms with E-state index in [9.17, 15) is 8.42 Å². The quantitative estimate of drug-likeness (QED) is 0.433. The fraction of sp³-hybridized carbons (Fsp3) is 0.429. The average Bonchev–Trinajstić information content (AvgIpc) is 2.39. The smallest absolute Gasteiger partial charge is 0.244 e. The summed E-state index contributed by atoms with van der Waals surface area (Å²) < 4.78 is 28.2. The maximum atomic E-state index is 11.4. The summed E-state index contributed by atoms with van der Waals surface area (Å²) in [5.41, 5.74) is 0. The topological polar surface area (TPSA) is 43.4 Å². The predicted molar refractivity (Wildman–Crippen MR) is 72.1 cm³/mol. The molecule has 0 aliphatic carbocycles. The summed E-state index contributed by atoms with van der Waals surface area (Å²) in [5, 5.41) is 1.77. The lowest BCUT2D eigenvalue weighted by Crippen LogP contribution is -1.99. The molecule has 0 aliphatic heterocycles. The summed E-state index contributed by atoms with van der Waals surface area (Å²) in [7, 11) is -3.58. The lowest BCUT2D eigenvalue weighted by Gasteiger charge is -2.06. The van der Waals surface area contributed by atoms with Crippen molar-refractivity contribution in [3.05, 3.63) is 24.3 Å². The molecule has 0 saturated heterocycles. The van der Waals surface area contributed by atoms with Gasteiger partial charge < -0.3 is 4.74 Å². The summed E-state index contributed by atoms with van der Waals surface area (Å²) in [5.74, 6) is 0.669. The number of unbranched alkanes of at least 4 members (excludes halogenated alkanes) is 3. The molecule has 0 heterocycles. The van der Waals surface area contributed by atoms with Crippen LogP contribution in [-0.2, 0) is 9.84 Å². The molecule has 0 atom stereocenters. The summed E-state index contributed by atoms with van der Waals surface area (Å²) in [6.07, 6.45) is 9.50. The van der Waals surface area contributed by atoms with Gasteiger partial charge >= 0.3 is 0 Å². The molecule has 0 aromatic heterocycles. The van der Waals surface area contributed by atoms with Crippen molar-refractivity contribution >= 4 is 9.84 Å². The maximum Gasteiger partial charge on any atom is 0.244 e. The van der Waals surface area contributed by atoms with Crippen LogP contribution in [0, 0.1) is 11.7 Å². The molecule has 1 aromatic carbocycles. The van der Waals surface area contributed by atoms with Gasteiger partial charge in [0.1, 0.15) is 5.75 Å². The summed E-state index contributed by atoms with van der Waals surface area (Å²) >= 11 is 0. The zero-order chi connectivity index (χ0) is 13.4. The molecule has 0 amide bonds. The first-order valence-electron chi connectivity index (χ1n) is 6.05. The molecule has 0 radical (unpaired) electrons. The summed E-state index contributed by atoms with van der Waals surface area (Å²) in [6.45, 7) is 2.81. The average molecular weight is 266 g/mol. The number of ether oxygens (including phenoxy) is 1. The van der Waals surface area contributed by atoms with Gasteiger partial charge in [0.25, 0.3) is 0 Å². The highest BCUT2D eigenvalue weighted by molar-refractivity contribution is 7.96. The highest BCUT2D eigenvalue weighted by atomic mass is 32.2. The third-order valence-corrected chi connectivity index (χ3v) is 3.76. The van der Waals surface area contributed by atoms with Crippen LogP contribution in [0.1, 0.15) is 32.6 Å². The van der Waals surface area contributed by atoms with E-state index < -0.39 is 9.84 Å². The minimum Gasteiger partial charge on any atom is -0.494 e. The molecule has 0 unspecified atom stereocenters. The number of hydrogen-bond donors (Lipinski definition) is 0. The summed E-state index contributed by atoms with van der Waals surface area (Å²) in [4.78, 5) is 0.128. The molecule has 1 rings (SSSR count). The second kappa shape index (κ2) is 7.07. The Kier molecular flexibility index (Phi) is 5.73. The molecule has 3 nitrogen and oxygen atoms in total. The van der Waals surface area contributed by atoms with E-state index in [1.165, 1.54) is 25.0 Å². The van der Waals surface area contributed by atoms with Crippen molar-refractivity contribution < 1.29 is 13.2 Å². The zero-order valence-electron chi connectivity index (χ0n) is 10.6. The van der Waals surface area contributed by atoms with Crippen molar-refractivity contribution in [2.75, 3.05) is 6.61 Å². The Labute approximate surface area is 109 Å². The Morgan fingerprint density at radius 3 is 2.39 bits per heavy atom. The van der Waals surface area contributed by atoms with E-state index in [1.54, 1.807) is 17.4 Å². The van der Waals surface area contributed by atoms with Crippen LogP contribution in [0.5, 0.6) is 5.75 Å². The number of rotatable bonds is 7. The van der Waals surface area contributed by atoms with E-state index in [1.807, 2.05) is 0 Å². The van der Waals surface area contributed by atoms with Gasteiger partial charge in [0, 0.05) is 5.25 Å². The van der Waals surface area contributed by atoms with Crippen molar-refractivity contribution in [2.24, 2.45) is 0 Å². The van der Waals surface area contributed by atoms with Gasteiger partial charge in [-0.3, -0.25) is 0 Å². The van der Waals surface area contributed by atoms with Crippen molar-refractivity contribution in [2.45, 2.75) is 37.5 Å². The van der Waals surface area contributed by atoms with Crippen molar-refractivity contribution in [1.29, 1.82) is 0 Å². The van der Waals surface area contributed by atoms with Crippen LogP contribution in [0.3, 0.4) is 0 Å². The van der Waals surface area contributed by atoms with Crippen molar-refractivity contribution in [1.82, 2.24) is 0 Å². The molecular formula is C14H18O3S. The Hall–Kier alpha value is -1.47. The molecular weight excluding hydrogens is 248 g/mol. The van der Waals surface area contributed by atoms with Gasteiger partial charge in [0.05, 0.1) is 11.5 Å². The number of hydrogen-bond acceptors (Lipinski definition) is 3. The minimum absolute atomic E-state index is 0.128. The minimum atomic E-state index is -3.58. The van der Waals surface area contributed by atoms with Gasteiger partial charge in [-0.05, 0) is 30.7 Å². The van der Waals surface area contributed by atoms with Crippen LogP contribution in [0.15, 0.2) is 29.2 Å². The van der Waals surface area contributed by atoms with Crippen LogP contribution in [-0.4, -0.2) is 15.0 Å². The van der Waals surface area contributed by atoms with Gasteiger partial charge in [0.2, 0.25) is 9.84 Å². The van der Waals surface area contributed by atoms with Gasteiger partial charge in [-0.15, -0.1) is 6.42 Å². The Balaban J connectivity index is 2.49. The van der Waals surface area contributed by atoms with E-state index in [-0.39, 0.29) is 4.90 Å². The molecule has 0 aliphatic rings. The van der Waals surface area contributed by atoms with Crippen LogP contribution in [0.2, 0.25) is 0 Å². The monoisotopic (exact) mass is 266 g/mol. The van der Waals surface area contributed by atoms with Crippen LogP contribution >= 0.6 is 0 Å². The van der Waals surface area contributed by atoms with E-state index in [0.717, 1.165) is 12.8 Å². The SMILES string of the molecule is C#CS(=O)(=O)c1ccc(OCCCCCC)cc1. The molecule has 98 valence electrons. The van der Waals surface area contributed by atoms with Gasteiger partial charge in [-0.25, -0.2) is 8.42 Å². The first kappa shape index (κ1) is 14.6. The van der Waals surface area contributed by atoms with Crippen LogP contribution in [0.4, 0.5) is 0 Å². The number of sulfone groups is 1. The highest BCUT2D eigenvalue weighted by Crippen LogP contribution is 2.16. The maximum absolute atomic E-state index is 11.4. The standard InChI is InChI=1S/C14H18O3S/c1-3-5-6-7-12-17-13-8-10-14(11-9-13)18(15,16)4-2/h2,8-11H,3,5-7,12H2,1H3. The third kappa shape index (κ3) is 4.42. The van der Waals surface area contributed by atoms with Gasteiger partial charge in [-0.1, -0.05) is 26.2 Å². The second-order valence-corrected chi connectivity index (χ2v) is 5.72. The largest absolute Gasteiger partial charge is 0.494 e. The Morgan fingerprint density at radius 2 is 1.83 bits per heavy atom. The van der Waals surface area contributed by atoms with E-state index in [0.29, 0.717) is 12.4 Å². The lowest BCUT2D eigenvalue weighted by atomic mass is 10.2.